The maximum atomic E-state index is 12.5. The molecule has 0 saturated heterocycles. The molecular formula is C19H14N2O3S2. The number of benzene rings is 1. The van der Waals surface area contributed by atoms with Crippen molar-refractivity contribution in [2.75, 3.05) is 5.32 Å². The van der Waals surface area contributed by atoms with E-state index in [1.54, 1.807) is 11.4 Å². The molecule has 3 rings (SSSR count). The van der Waals surface area contributed by atoms with Crippen molar-refractivity contribution in [3.63, 3.8) is 0 Å². The first-order valence-corrected chi connectivity index (χ1v) is 9.48. The highest BCUT2D eigenvalue weighted by Crippen LogP contribution is 2.29. The zero-order chi connectivity index (χ0) is 18.5. The van der Waals surface area contributed by atoms with E-state index in [1.165, 1.54) is 29.6 Å². The van der Waals surface area contributed by atoms with Gasteiger partial charge < -0.3 is 10.1 Å². The summed E-state index contributed by atoms with van der Waals surface area (Å²) in [4.78, 5) is 25.2. The number of nitrogens with zero attached hydrogens (tertiary/aromatic N) is 1. The SMILES string of the molecule is C[C@H](OC(=O)c1sccc1-c1ccccc1)C(=O)Nc1sccc1C#N. The number of carbonyl (C=O) groups is 2. The van der Waals surface area contributed by atoms with Crippen LogP contribution >= 0.6 is 22.7 Å². The third-order valence-electron chi connectivity index (χ3n) is 3.61. The minimum atomic E-state index is -0.984. The predicted molar refractivity (Wildman–Crippen MR) is 102 cm³/mol. The van der Waals surface area contributed by atoms with E-state index in [2.05, 4.69) is 5.32 Å². The van der Waals surface area contributed by atoms with E-state index in [0.717, 1.165) is 11.1 Å². The van der Waals surface area contributed by atoms with E-state index >= 15 is 0 Å². The van der Waals surface area contributed by atoms with E-state index in [1.807, 2.05) is 47.8 Å². The van der Waals surface area contributed by atoms with E-state index < -0.39 is 18.0 Å². The minimum Gasteiger partial charge on any atom is -0.448 e. The normalized spacial score (nSPS) is 11.4. The summed E-state index contributed by atoms with van der Waals surface area (Å²) < 4.78 is 5.32. The summed E-state index contributed by atoms with van der Waals surface area (Å²) in [6.07, 6.45) is -0.984. The molecule has 2 heterocycles. The Balaban J connectivity index is 1.70. The van der Waals surface area contributed by atoms with Gasteiger partial charge >= 0.3 is 5.97 Å². The molecule has 26 heavy (non-hydrogen) atoms. The van der Waals surface area contributed by atoms with Gasteiger partial charge in [-0.05, 0) is 35.4 Å². The molecule has 0 spiro atoms. The van der Waals surface area contributed by atoms with Crippen molar-refractivity contribution in [1.82, 2.24) is 0 Å². The summed E-state index contributed by atoms with van der Waals surface area (Å²) in [5.41, 5.74) is 2.07. The number of hydrogen-bond acceptors (Lipinski definition) is 6. The number of nitriles is 1. The van der Waals surface area contributed by atoms with Gasteiger partial charge in [0, 0.05) is 5.56 Å². The molecule has 1 aromatic carbocycles. The van der Waals surface area contributed by atoms with E-state index in [-0.39, 0.29) is 0 Å². The monoisotopic (exact) mass is 382 g/mol. The predicted octanol–water partition coefficient (Wildman–Crippen LogP) is 4.53. The molecule has 5 nitrogen and oxygen atoms in total. The van der Waals surface area contributed by atoms with Crippen LogP contribution in [-0.4, -0.2) is 18.0 Å². The summed E-state index contributed by atoms with van der Waals surface area (Å²) in [6, 6.07) is 15.0. The van der Waals surface area contributed by atoms with E-state index in [4.69, 9.17) is 10.00 Å². The Morgan fingerprint density at radius 1 is 1.12 bits per heavy atom. The van der Waals surface area contributed by atoms with Crippen LogP contribution in [0.5, 0.6) is 0 Å². The number of nitrogens with one attached hydrogen (secondary N) is 1. The van der Waals surface area contributed by atoms with Crippen molar-refractivity contribution in [2.45, 2.75) is 13.0 Å². The molecule has 0 unspecified atom stereocenters. The van der Waals surface area contributed by atoms with Crippen LogP contribution < -0.4 is 5.32 Å². The van der Waals surface area contributed by atoms with Gasteiger partial charge in [-0.15, -0.1) is 22.7 Å². The lowest BCUT2D eigenvalue weighted by atomic mass is 10.1. The van der Waals surface area contributed by atoms with Gasteiger partial charge in [-0.2, -0.15) is 5.26 Å². The Bertz CT molecular complexity index is 970. The van der Waals surface area contributed by atoms with Gasteiger partial charge in [0.05, 0.1) is 5.56 Å². The number of hydrogen-bond donors (Lipinski definition) is 1. The van der Waals surface area contributed by atoms with Crippen LogP contribution in [-0.2, 0) is 9.53 Å². The van der Waals surface area contributed by atoms with Crippen LogP contribution in [0.2, 0.25) is 0 Å². The molecular weight excluding hydrogens is 368 g/mol. The fraction of sp³-hybridized carbons (Fsp3) is 0.105. The smallest absolute Gasteiger partial charge is 0.349 e. The highest BCUT2D eigenvalue weighted by Gasteiger charge is 2.23. The third-order valence-corrected chi connectivity index (χ3v) is 5.34. The van der Waals surface area contributed by atoms with Crippen LogP contribution in [0.15, 0.2) is 53.2 Å². The molecule has 1 amide bonds. The second-order valence-electron chi connectivity index (χ2n) is 5.34. The van der Waals surface area contributed by atoms with E-state index in [9.17, 15) is 9.59 Å². The first kappa shape index (κ1) is 17.9. The summed E-state index contributed by atoms with van der Waals surface area (Å²) in [5.74, 6) is -1.02. The van der Waals surface area contributed by atoms with Crippen molar-refractivity contribution in [3.8, 4) is 17.2 Å². The van der Waals surface area contributed by atoms with Gasteiger partial charge in [-0.1, -0.05) is 30.3 Å². The molecule has 0 saturated carbocycles. The van der Waals surface area contributed by atoms with Gasteiger partial charge in [-0.3, -0.25) is 4.79 Å². The van der Waals surface area contributed by atoms with Crippen LogP contribution in [0.25, 0.3) is 11.1 Å². The summed E-state index contributed by atoms with van der Waals surface area (Å²) in [7, 11) is 0. The van der Waals surface area contributed by atoms with Crippen LogP contribution in [0.1, 0.15) is 22.2 Å². The zero-order valence-corrected chi connectivity index (χ0v) is 15.4. The highest BCUT2D eigenvalue weighted by atomic mass is 32.1. The van der Waals surface area contributed by atoms with Gasteiger partial charge in [-0.25, -0.2) is 4.79 Å². The molecule has 0 aliphatic rings. The molecule has 0 radical (unpaired) electrons. The molecule has 0 bridgehead atoms. The molecule has 0 aliphatic carbocycles. The third kappa shape index (κ3) is 3.82. The van der Waals surface area contributed by atoms with Crippen molar-refractivity contribution in [1.29, 1.82) is 5.26 Å². The lowest BCUT2D eigenvalue weighted by molar-refractivity contribution is -0.123. The Morgan fingerprint density at radius 3 is 2.58 bits per heavy atom. The Labute approximate surface area is 158 Å². The van der Waals surface area contributed by atoms with Gasteiger partial charge in [0.25, 0.3) is 5.91 Å². The molecule has 130 valence electrons. The standard InChI is InChI=1S/C19H14N2O3S2/c1-12(17(22)21-18-14(11-20)7-9-26-18)24-19(23)16-15(8-10-25-16)13-5-3-2-4-6-13/h2-10,12H,1H3,(H,21,22)/t12-/m0/s1. The highest BCUT2D eigenvalue weighted by molar-refractivity contribution is 7.14. The second kappa shape index (κ2) is 7.95. The van der Waals surface area contributed by atoms with Gasteiger partial charge in [0.2, 0.25) is 0 Å². The molecule has 0 fully saturated rings. The lowest BCUT2D eigenvalue weighted by Crippen LogP contribution is -2.29. The maximum absolute atomic E-state index is 12.5. The Hall–Kier alpha value is -2.95. The fourth-order valence-electron chi connectivity index (χ4n) is 2.29. The number of esters is 1. The van der Waals surface area contributed by atoms with Crippen LogP contribution in [0.3, 0.4) is 0 Å². The summed E-state index contributed by atoms with van der Waals surface area (Å²) in [6.45, 7) is 1.50. The second-order valence-corrected chi connectivity index (χ2v) is 7.17. The summed E-state index contributed by atoms with van der Waals surface area (Å²) >= 11 is 2.51. The average Bonchev–Trinajstić information content (AvgIpc) is 3.31. The largest absolute Gasteiger partial charge is 0.448 e. The summed E-state index contributed by atoms with van der Waals surface area (Å²) in [5, 5.41) is 15.6. The Morgan fingerprint density at radius 2 is 1.85 bits per heavy atom. The topological polar surface area (TPSA) is 79.2 Å². The maximum Gasteiger partial charge on any atom is 0.349 e. The van der Waals surface area contributed by atoms with Crippen molar-refractivity contribution in [2.24, 2.45) is 0 Å². The van der Waals surface area contributed by atoms with E-state index in [0.29, 0.717) is 15.4 Å². The average molecular weight is 382 g/mol. The first-order chi connectivity index (χ1) is 12.6. The van der Waals surface area contributed by atoms with Gasteiger partial charge in [0.15, 0.2) is 6.10 Å². The van der Waals surface area contributed by atoms with Crippen LogP contribution in [0, 0.1) is 11.3 Å². The number of ether oxygens (including phenoxy) is 1. The zero-order valence-electron chi connectivity index (χ0n) is 13.8. The number of anilines is 1. The van der Waals surface area contributed by atoms with Crippen molar-refractivity contribution < 1.29 is 14.3 Å². The minimum absolute atomic E-state index is 0.381. The first-order valence-electron chi connectivity index (χ1n) is 7.72. The van der Waals surface area contributed by atoms with Crippen molar-refractivity contribution in [3.05, 3.63) is 63.7 Å². The van der Waals surface area contributed by atoms with Crippen molar-refractivity contribution >= 4 is 39.6 Å². The fourth-order valence-corrected chi connectivity index (χ4v) is 3.83. The van der Waals surface area contributed by atoms with Crippen LogP contribution in [0.4, 0.5) is 5.00 Å². The Kier molecular flexibility index (Phi) is 5.46. The molecule has 0 aliphatic heterocycles. The molecule has 1 N–H and O–H groups in total. The number of rotatable bonds is 5. The number of amides is 1. The molecule has 2 aromatic heterocycles. The number of thiophene rings is 2. The quantitative estimate of drug-likeness (QED) is 0.658. The lowest BCUT2D eigenvalue weighted by Gasteiger charge is -2.13. The molecule has 7 heteroatoms. The number of carbonyl (C=O) groups excluding carboxylic acids is 2. The molecule has 1 atom stereocenters. The molecule has 3 aromatic rings. The van der Waals surface area contributed by atoms with Gasteiger partial charge in [0.1, 0.15) is 15.9 Å².